The Bertz CT molecular complexity index is 566. The minimum atomic E-state index is -3.45. The molecule has 1 aromatic rings. The molecule has 0 amide bonds. The Morgan fingerprint density at radius 1 is 1.33 bits per heavy atom. The second-order valence-corrected chi connectivity index (χ2v) is 8.38. The molecule has 1 N–H and O–H groups in total. The van der Waals surface area contributed by atoms with Crippen LogP contribution in [0.2, 0.25) is 0 Å². The SMILES string of the molecule is CC1(C)CCCN(S(=O)(=O)c2cnn(CCCO)c2)CC1. The van der Waals surface area contributed by atoms with Crippen molar-refractivity contribution in [2.24, 2.45) is 5.41 Å². The van der Waals surface area contributed by atoms with Gasteiger partial charge in [-0.1, -0.05) is 13.8 Å². The standard InChI is InChI=1S/C14H25N3O3S/c1-14(2)5-3-8-17(9-6-14)21(19,20)13-11-15-16(12-13)7-4-10-18/h11-12,18H,3-10H2,1-2H3. The van der Waals surface area contributed by atoms with Gasteiger partial charge >= 0.3 is 0 Å². The van der Waals surface area contributed by atoms with Crippen molar-refractivity contribution in [1.29, 1.82) is 0 Å². The summed E-state index contributed by atoms with van der Waals surface area (Å²) in [5.41, 5.74) is 0.204. The third kappa shape index (κ3) is 4.05. The van der Waals surface area contributed by atoms with Crippen molar-refractivity contribution in [2.75, 3.05) is 19.7 Å². The van der Waals surface area contributed by atoms with E-state index in [1.54, 1.807) is 15.2 Å². The first kappa shape index (κ1) is 16.5. The third-order valence-corrected chi connectivity index (χ3v) is 5.94. The molecule has 0 bridgehead atoms. The summed E-state index contributed by atoms with van der Waals surface area (Å²) in [6.07, 6.45) is 6.35. The van der Waals surface area contributed by atoms with Gasteiger partial charge in [0.1, 0.15) is 4.90 Å². The van der Waals surface area contributed by atoms with E-state index in [9.17, 15) is 8.42 Å². The minimum absolute atomic E-state index is 0.0726. The molecular weight excluding hydrogens is 290 g/mol. The number of aliphatic hydroxyl groups is 1. The van der Waals surface area contributed by atoms with Crippen molar-refractivity contribution in [3.8, 4) is 0 Å². The zero-order valence-corrected chi connectivity index (χ0v) is 13.6. The first-order valence-corrected chi connectivity index (χ1v) is 8.93. The average Bonchev–Trinajstić information content (AvgIpc) is 2.81. The molecule has 120 valence electrons. The van der Waals surface area contributed by atoms with Gasteiger partial charge in [-0.05, 0) is 31.1 Å². The van der Waals surface area contributed by atoms with E-state index < -0.39 is 10.0 Å². The van der Waals surface area contributed by atoms with E-state index in [1.807, 2.05) is 0 Å². The number of aromatic nitrogens is 2. The number of aliphatic hydroxyl groups excluding tert-OH is 1. The van der Waals surface area contributed by atoms with Crippen LogP contribution in [-0.2, 0) is 16.6 Å². The van der Waals surface area contributed by atoms with Gasteiger partial charge in [-0.3, -0.25) is 4.68 Å². The quantitative estimate of drug-likeness (QED) is 0.893. The molecule has 2 heterocycles. The highest BCUT2D eigenvalue weighted by Crippen LogP contribution is 2.31. The van der Waals surface area contributed by atoms with Crippen molar-refractivity contribution < 1.29 is 13.5 Å². The molecule has 21 heavy (non-hydrogen) atoms. The molecule has 0 aliphatic carbocycles. The van der Waals surface area contributed by atoms with E-state index in [0.29, 0.717) is 26.1 Å². The summed E-state index contributed by atoms with van der Waals surface area (Å²) >= 11 is 0. The van der Waals surface area contributed by atoms with E-state index in [0.717, 1.165) is 19.3 Å². The number of aryl methyl sites for hydroxylation is 1. The van der Waals surface area contributed by atoms with Crippen molar-refractivity contribution in [2.45, 2.75) is 51.0 Å². The van der Waals surface area contributed by atoms with Gasteiger partial charge in [0.25, 0.3) is 0 Å². The van der Waals surface area contributed by atoms with Crippen LogP contribution in [0.1, 0.15) is 39.5 Å². The van der Waals surface area contributed by atoms with Crippen molar-refractivity contribution in [1.82, 2.24) is 14.1 Å². The lowest BCUT2D eigenvalue weighted by Crippen LogP contribution is -2.32. The maximum absolute atomic E-state index is 12.7. The normalized spacial score (nSPS) is 20.3. The van der Waals surface area contributed by atoms with Crippen molar-refractivity contribution in [3.05, 3.63) is 12.4 Å². The Labute approximate surface area is 126 Å². The van der Waals surface area contributed by atoms with Gasteiger partial charge in [0.15, 0.2) is 0 Å². The summed E-state index contributed by atoms with van der Waals surface area (Å²) in [4.78, 5) is 0.250. The molecule has 1 saturated heterocycles. The van der Waals surface area contributed by atoms with Gasteiger partial charge in [0.2, 0.25) is 10.0 Å². The van der Waals surface area contributed by atoms with E-state index in [2.05, 4.69) is 18.9 Å². The molecule has 0 unspecified atom stereocenters. The fraction of sp³-hybridized carbons (Fsp3) is 0.786. The van der Waals surface area contributed by atoms with Gasteiger partial charge < -0.3 is 5.11 Å². The first-order valence-electron chi connectivity index (χ1n) is 7.49. The number of hydrogen-bond acceptors (Lipinski definition) is 4. The van der Waals surface area contributed by atoms with E-state index >= 15 is 0 Å². The smallest absolute Gasteiger partial charge is 0.246 e. The molecule has 0 atom stereocenters. The second kappa shape index (κ2) is 6.46. The van der Waals surface area contributed by atoms with Crippen LogP contribution < -0.4 is 0 Å². The van der Waals surface area contributed by atoms with E-state index in [1.165, 1.54) is 6.20 Å². The van der Waals surface area contributed by atoms with E-state index in [4.69, 9.17) is 5.11 Å². The minimum Gasteiger partial charge on any atom is -0.396 e. The van der Waals surface area contributed by atoms with Crippen LogP contribution in [0.25, 0.3) is 0 Å². The molecule has 2 rings (SSSR count). The zero-order valence-electron chi connectivity index (χ0n) is 12.8. The Kier molecular flexibility index (Phi) is 5.06. The lowest BCUT2D eigenvalue weighted by molar-refractivity contribution is 0.277. The number of nitrogens with zero attached hydrogens (tertiary/aromatic N) is 3. The van der Waals surface area contributed by atoms with Crippen LogP contribution in [0.5, 0.6) is 0 Å². The fourth-order valence-corrected chi connectivity index (χ4v) is 4.05. The molecule has 1 fully saturated rings. The summed E-state index contributed by atoms with van der Waals surface area (Å²) in [5.74, 6) is 0. The summed E-state index contributed by atoms with van der Waals surface area (Å²) in [6.45, 7) is 6.12. The molecule has 7 heteroatoms. The molecule has 0 spiro atoms. The Hall–Kier alpha value is -0.920. The molecule has 1 aliphatic rings. The average molecular weight is 315 g/mol. The van der Waals surface area contributed by atoms with Crippen molar-refractivity contribution >= 4 is 10.0 Å². The third-order valence-electron chi connectivity index (χ3n) is 4.09. The van der Waals surface area contributed by atoms with Gasteiger partial charge in [-0.2, -0.15) is 9.40 Å². The molecule has 6 nitrogen and oxygen atoms in total. The molecule has 0 radical (unpaired) electrons. The molecule has 1 aliphatic heterocycles. The predicted molar refractivity (Wildman–Crippen MR) is 80.3 cm³/mol. The van der Waals surface area contributed by atoms with Crippen LogP contribution in [0.3, 0.4) is 0 Å². The number of sulfonamides is 1. The predicted octanol–water partition coefficient (Wildman–Crippen LogP) is 1.47. The Morgan fingerprint density at radius 2 is 2.10 bits per heavy atom. The largest absolute Gasteiger partial charge is 0.396 e. The van der Waals surface area contributed by atoms with Crippen LogP contribution in [0.4, 0.5) is 0 Å². The van der Waals surface area contributed by atoms with Gasteiger partial charge in [0, 0.05) is 32.4 Å². The summed E-state index contributed by atoms with van der Waals surface area (Å²) in [6, 6.07) is 0. The summed E-state index contributed by atoms with van der Waals surface area (Å²) < 4.78 is 28.5. The lowest BCUT2D eigenvalue weighted by atomic mass is 9.85. The zero-order chi connectivity index (χ0) is 15.5. The molecule has 0 aromatic carbocycles. The van der Waals surface area contributed by atoms with E-state index in [-0.39, 0.29) is 16.9 Å². The molecule has 0 saturated carbocycles. The molecular formula is C14H25N3O3S. The second-order valence-electron chi connectivity index (χ2n) is 6.44. The monoisotopic (exact) mass is 315 g/mol. The highest BCUT2D eigenvalue weighted by molar-refractivity contribution is 7.89. The van der Waals surface area contributed by atoms with Crippen LogP contribution >= 0.6 is 0 Å². The lowest BCUT2D eigenvalue weighted by Gasteiger charge is -2.22. The van der Waals surface area contributed by atoms with Crippen LogP contribution in [-0.4, -0.2) is 47.3 Å². The number of rotatable bonds is 5. The fourth-order valence-electron chi connectivity index (χ4n) is 2.62. The Balaban J connectivity index is 2.12. The number of hydrogen-bond donors (Lipinski definition) is 1. The first-order chi connectivity index (χ1) is 9.85. The highest BCUT2D eigenvalue weighted by Gasteiger charge is 2.31. The maximum atomic E-state index is 12.7. The van der Waals surface area contributed by atoms with Crippen LogP contribution in [0, 0.1) is 5.41 Å². The van der Waals surface area contributed by atoms with Gasteiger partial charge in [0.05, 0.1) is 6.20 Å². The van der Waals surface area contributed by atoms with Crippen molar-refractivity contribution in [3.63, 3.8) is 0 Å². The van der Waals surface area contributed by atoms with Crippen LogP contribution in [0.15, 0.2) is 17.3 Å². The maximum Gasteiger partial charge on any atom is 0.246 e. The van der Waals surface area contributed by atoms with Gasteiger partial charge in [-0.25, -0.2) is 8.42 Å². The summed E-state index contributed by atoms with van der Waals surface area (Å²) in [7, 11) is -3.45. The topological polar surface area (TPSA) is 75.4 Å². The molecule has 1 aromatic heterocycles. The Morgan fingerprint density at radius 3 is 2.81 bits per heavy atom. The highest BCUT2D eigenvalue weighted by atomic mass is 32.2. The summed E-state index contributed by atoms with van der Waals surface area (Å²) in [5, 5.41) is 12.9. The van der Waals surface area contributed by atoms with Gasteiger partial charge in [-0.15, -0.1) is 0 Å².